The summed E-state index contributed by atoms with van der Waals surface area (Å²) in [7, 11) is 5.46. The Morgan fingerprint density at radius 2 is 2.38 bits per heavy atom. The van der Waals surface area contributed by atoms with Crippen molar-refractivity contribution in [1.29, 1.82) is 0 Å². The number of aryl methyl sites for hydroxylation is 1. The zero-order valence-electron chi connectivity index (χ0n) is 7.98. The van der Waals surface area contributed by atoms with Gasteiger partial charge in [0.05, 0.1) is 0 Å². The number of aromatic nitrogens is 3. The number of hydrogen-bond donors (Lipinski definition) is 1. The molecule has 0 radical (unpaired) electrons. The van der Waals surface area contributed by atoms with Crippen molar-refractivity contribution in [3.63, 3.8) is 0 Å². The van der Waals surface area contributed by atoms with Crippen molar-refractivity contribution in [3.05, 3.63) is 24.2 Å². The highest BCUT2D eigenvalue weighted by Crippen LogP contribution is 1.91. The Hall–Kier alpha value is -1.65. The molecule has 1 aromatic heterocycles. The standard InChI is InChI=1S/C8H12N4O/c1-11(2)5-4-8(13)7-6-9-10-12(7)3/h4-6H,1-3H3/p+1/b5-4+. The summed E-state index contributed by atoms with van der Waals surface area (Å²) in [6.07, 6.45) is 4.71. The summed E-state index contributed by atoms with van der Waals surface area (Å²) >= 11 is 0. The molecule has 70 valence electrons. The highest BCUT2D eigenvalue weighted by atomic mass is 16.1. The molecule has 0 aromatic carbocycles. The summed E-state index contributed by atoms with van der Waals surface area (Å²) in [6, 6.07) is 0. The lowest BCUT2D eigenvalue weighted by Gasteiger charge is -2.01. The molecule has 0 atom stereocenters. The minimum absolute atomic E-state index is 0.0649. The SMILES string of the molecule is CN(C)/C=C/C(=O)c1cn[nH][n+]1C. The van der Waals surface area contributed by atoms with Crippen LogP contribution in [0.1, 0.15) is 10.5 Å². The van der Waals surface area contributed by atoms with E-state index in [0.717, 1.165) is 0 Å². The minimum atomic E-state index is -0.0649. The van der Waals surface area contributed by atoms with E-state index in [2.05, 4.69) is 10.3 Å². The second kappa shape index (κ2) is 3.84. The smallest absolute Gasteiger partial charge is 0.239 e. The number of rotatable bonds is 3. The van der Waals surface area contributed by atoms with Gasteiger partial charge in [-0.15, -0.1) is 0 Å². The van der Waals surface area contributed by atoms with Gasteiger partial charge in [0.2, 0.25) is 17.7 Å². The molecule has 1 N–H and O–H groups in total. The van der Waals surface area contributed by atoms with E-state index in [-0.39, 0.29) is 5.78 Å². The second-order valence-electron chi connectivity index (χ2n) is 2.95. The van der Waals surface area contributed by atoms with Crippen LogP contribution in [0.4, 0.5) is 0 Å². The average Bonchev–Trinajstić information content (AvgIpc) is 2.47. The number of carbonyl (C=O) groups excluding carboxylic acids is 1. The third-order valence-electron chi connectivity index (χ3n) is 1.53. The maximum atomic E-state index is 11.4. The molecule has 0 spiro atoms. The molecule has 0 saturated carbocycles. The highest BCUT2D eigenvalue weighted by Gasteiger charge is 2.13. The van der Waals surface area contributed by atoms with Gasteiger partial charge in [-0.2, -0.15) is 4.68 Å². The Labute approximate surface area is 76.6 Å². The van der Waals surface area contributed by atoms with Crippen LogP contribution >= 0.6 is 0 Å². The van der Waals surface area contributed by atoms with Crippen molar-refractivity contribution in [1.82, 2.24) is 15.2 Å². The van der Waals surface area contributed by atoms with E-state index in [9.17, 15) is 4.79 Å². The van der Waals surface area contributed by atoms with E-state index in [1.165, 1.54) is 12.3 Å². The monoisotopic (exact) mass is 181 g/mol. The van der Waals surface area contributed by atoms with E-state index in [0.29, 0.717) is 5.69 Å². The molecule has 0 bridgehead atoms. The lowest BCUT2D eigenvalue weighted by atomic mass is 10.3. The maximum absolute atomic E-state index is 11.4. The number of H-pyrrole nitrogens is 1. The fourth-order valence-electron chi connectivity index (χ4n) is 0.848. The van der Waals surface area contributed by atoms with Crippen LogP contribution in [0.5, 0.6) is 0 Å². The van der Waals surface area contributed by atoms with Gasteiger partial charge in [0.1, 0.15) is 7.05 Å². The van der Waals surface area contributed by atoms with Crippen LogP contribution < -0.4 is 4.68 Å². The first kappa shape index (κ1) is 9.44. The van der Waals surface area contributed by atoms with Crippen LogP contribution in [0.25, 0.3) is 0 Å². The van der Waals surface area contributed by atoms with Gasteiger partial charge in [-0.25, -0.2) is 0 Å². The third-order valence-corrected chi connectivity index (χ3v) is 1.53. The van der Waals surface area contributed by atoms with Gasteiger partial charge in [-0.1, -0.05) is 5.21 Å². The molecule has 0 saturated heterocycles. The molecule has 0 fully saturated rings. The van der Waals surface area contributed by atoms with Crippen molar-refractivity contribution >= 4 is 5.78 Å². The molecule has 1 heterocycles. The van der Waals surface area contributed by atoms with Crippen molar-refractivity contribution in [2.45, 2.75) is 0 Å². The predicted molar refractivity (Wildman–Crippen MR) is 46.9 cm³/mol. The second-order valence-corrected chi connectivity index (χ2v) is 2.95. The Morgan fingerprint density at radius 1 is 1.69 bits per heavy atom. The van der Waals surface area contributed by atoms with E-state index in [1.54, 1.807) is 22.8 Å². The first-order valence-electron chi connectivity index (χ1n) is 3.89. The van der Waals surface area contributed by atoms with Crippen molar-refractivity contribution in [2.24, 2.45) is 7.05 Å². The number of aromatic amines is 1. The summed E-state index contributed by atoms with van der Waals surface area (Å²) in [6.45, 7) is 0. The molecule has 0 aliphatic rings. The predicted octanol–water partition coefficient (Wildman–Crippen LogP) is -0.508. The Balaban J connectivity index is 2.75. The topological polar surface area (TPSA) is 52.9 Å². The van der Waals surface area contributed by atoms with E-state index in [4.69, 9.17) is 0 Å². The number of carbonyl (C=O) groups is 1. The van der Waals surface area contributed by atoms with Gasteiger partial charge in [-0.05, 0) is 0 Å². The van der Waals surface area contributed by atoms with Gasteiger partial charge in [0.25, 0.3) is 0 Å². The highest BCUT2D eigenvalue weighted by molar-refractivity contribution is 6.01. The quantitative estimate of drug-likeness (QED) is 0.388. The normalized spacial score (nSPS) is 10.7. The first-order chi connectivity index (χ1) is 6.11. The molecule has 13 heavy (non-hydrogen) atoms. The summed E-state index contributed by atoms with van der Waals surface area (Å²) < 4.78 is 1.57. The fraction of sp³-hybridized carbons (Fsp3) is 0.375. The van der Waals surface area contributed by atoms with E-state index < -0.39 is 0 Å². The van der Waals surface area contributed by atoms with Crippen LogP contribution in [0, 0.1) is 0 Å². The van der Waals surface area contributed by atoms with Crippen LogP contribution in [-0.4, -0.2) is 35.1 Å². The first-order valence-corrected chi connectivity index (χ1v) is 3.89. The van der Waals surface area contributed by atoms with Gasteiger partial charge >= 0.3 is 0 Å². The number of nitrogens with one attached hydrogen (secondary N) is 1. The molecule has 0 unspecified atom stereocenters. The van der Waals surface area contributed by atoms with Crippen molar-refractivity contribution < 1.29 is 9.48 Å². The van der Waals surface area contributed by atoms with Crippen LogP contribution in [-0.2, 0) is 7.05 Å². The lowest BCUT2D eigenvalue weighted by molar-refractivity contribution is -0.731. The zero-order chi connectivity index (χ0) is 9.84. The van der Waals surface area contributed by atoms with E-state index >= 15 is 0 Å². The molecule has 0 aliphatic carbocycles. The van der Waals surface area contributed by atoms with Crippen molar-refractivity contribution in [3.8, 4) is 0 Å². The fourth-order valence-corrected chi connectivity index (χ4v) is 0.848. The molecule has 0 aliphatic heterocycles. The van der Waals surface area contributed by atoms with Crippen molar-refractivity contribution in [2.75, 3.05) is 14.1 Å². The molecule has 1 aromatic rings. The maximum Gasteiger partial charge on any atom is 0.239 e. The summed E-state index contributed by atoms with van der Waals surface area (Å²) in [5.74, 6) is -0.0649. The van der Waals surface area contributed by atoms with Gasteiger partial charge in [0, 0.05) is 31.5 Å². The number of nitrogens with zero attached hydrogens (tertiary/aromatic N) is 3. The van der Waals surface area contributed by atoms with Gasteiger partial charge < -0.3 is 4.90 Å². The minimum Gasteiger partial charge on any atom is -0.383 e. The molecule has 0 amide bonds. The largest absolute Gasteiger partial charge is 0.383 e. The summed E-state index contributed by atoms with van der Waals surface area (Å²) in [4.78, 5) is 13.2. The number of allylic oxidation sites excluding steroid dienone is 1. The van der Waals surface area contributed by atoms with Crippen LogP contribution in [0.3, 0.4) is 0 Å². The Bertz CT molecular complexity index is 327. The molecule has 5 nitrogen and oxygen atoms in total. The van der Waals surface area contributed by atoms with Gasteiger partial charge in [-0.3, -0.25) is 4.79 Å². The summed E-state index contributed by atoms with van der Waals surface area (Å²) in [5.41, 5.74) is 0.540. The zero-order valence-corrected chi connectivity index (χ0v) is 7.98. The number of hydrogen-bond acceptors (Lipinski definition) is 3. The molecule has 1 rings (SSSR count). The third kappa shape index (κ3) is 2.40. The molecular formula is C8H13N4O+. The van der Waals surface area contributed by atoms with Crippen LogP contribution in [0.2, 0.25) is 0 Å². The Kier molecular flexibility index (Phi) is 2.79. The molecule has 5 heteroatoms. The summed E-state index contributed by atoms with van der Waals surface area (Å²) in [5, 5.41) is 6.38. The Morgan fingerprint density at radius 3 is 2.85 bits per heavy atom. The molecular weight excluding hydrogens is 168 g/mol. The average molecular weight is 181 g/mol. The van der Waals surface area contributed by atoms with Gasteiger partial charge in [0.15, 0.2) is 0 Å². The van der Waals surface area contributed by atoms with Crippen LogP contribution in [0.15, 0.2) is 18.5 Å². The number of ketones is 1. The van der Waals surface area contributed by atoms with E-state index in [1.807, 2.05) is 14.1 Å². The lowest BCUT2D eigenvalue weighted by Crippen LogP contribution is -2.36.